The van der Waals surface area contributed by atoms with Gasteiger partial charge in [-0.1, -0.05) is 0 Å². The van der Waals surface area contributed by atoms with E-state index in [4.69, 9.17) is 9.47 Å². The molecule has 1 heterocycles. The molecular formula is C20H21F2NO3S. The van der Waals surface area contributed by atoms with Crippen LogP contribution >= 0.6 is 11.8 Å². The lowest BCUT2D eigenvalue weighted by Gasteiger charge is -2.13. The summed E-state index contributed by atoms with van der Waals surface area (Å²) >= 11 is 1.15. The molecule has 2 aromatic carbocycles. The molecule has 3 rings (SSSR count). The Morgan fingerprint density at radius 2 is 2.11 bits per heavy atom. The molecule has 1 unspecified atom stereocenters. The molecule has 2 aromatic rings. The topological polar surface area (TPSA) is 47.6 Å². The van der Waals surface area contributed by atoms with Crippen molar-refractivity contribution in [3.8, 4) is 11.5 Å². The summed E-state index contributed by atoms with van der Waals surface area (Å²) in [5, 5.41) is 2.83. The Hall–Kier alpha value is -2.28. The van der Waals surface area contributed by atoms with E-state index < -0.39 is 11.6 Å². The van der Waals surface area contributed by atoms with Crippen molar-refractivity contribution in [3.63, 3.8) is 0 Å². The fourth-order valence-corrected chi connectivity index (χ4v) is 3.62. The summed E-state index contributed by atoms with van der Waals surface area (Å²) in [6.07, 6.45) is 0.972. The van der Waals surface area contributed by atoms with Crippen molar-refractivity contribution in [3.05, 3.63) is 53.1 Å². The van der Waals surface area contributed by atoms with Gasteiger partial charge < -0.3 is 14.8 Å². The van der Waals surface area contributed by atoms with E-state index in [0.717, 1.165) is 52.9 Å². The molecule has 27 heavy (non-hydrogen) atoms. The minimum atomic E-state index is -0.922. The van der Waals surface area contributed by atoms with Crippen LogP contribution in [0.4, 0.5) is 8.78 Å². The van der Waals surface area contributed by atoms with Gasteiger partial charge in [0.2, 0.25) is 5.91 Å². The van der Waals surface area contributed by atoms with Crippen molar-refractivity contribution in [1.82, 2.24) is 5.32 Å². The molecule has 0 fully saturated rings. The Bertz CT molecular complexity index is 844. The SMILES string of the molecule is CCOc1cc2c(cc1CNC(=O)CSc1ccc(F)c(F)c1)OC(C)C2. The molecule has 1 atom stereocenters. The van der Waals surface area contributed by atoms with Crippen molar-refractivity contribution in [2.45, 2.75) is 37.8 Å². The second-order valence-electron chi connectivity index (χ2n) is 6.27. The maximum absolute atomic E-state index is 13.2. The van der Waals surface area contributed by atoms with E-state index in [1.54, 1.807) is 0 Å². The van der Waals surface area contributed by atoms with E-state index in [1.807, 2.05) is 26.0 Å². The van der Waals surface area contributed by atoms with E-state index in [1.165, 1.54) is 6.07 Å². The van der Waals surface area contributed by atoms with Gasteiger partial charge in [-0.25, -0.2) is 8.78 Å². The number of hydrogen-bond donors (Lipinski definition) is 1. The number of ether oxygens (including phenoxy) is 2. The number of nitrogens with one attached hydrogen (secondary N) is 1. The number of thioether (sulfide) groups is 1. The first-order valence-electron chi connectivity index (χ1n) is 8.76. The van der Waals surface area contributed by atoms with Crippen molar-refractivity contribution in [1.29, 1.82) is 0 Å². The maximum atomic E-state index is 13.2. The van der Waals surface area contributed by atoms with Gasteiger partial charge in [0.05, 0.1) is 12.4 Å². The van der Waals surface area contributed by atoms with Crippen molar-refractivity contribution < 1.29 is 23.0 Å². The molecule has 1 aliphatic heterocycles. The highest BCUT2D eigenvalue weighted by molar-refractivity contribution is 8.00. The second-order valence-corrected chi connectivity index (χ2v) is 7.32. The van der Waals surface area contributed by atoms with Crippen molar-refractivity contribution in [2.24, 2.45) is 0 Å². The number of carbonyl (C=O) groups excluding carboxylic acids is 1. The number of carbonyl (C=O) groups is 1. The zero-order valence-corrected chi connectivity index (χ0v) is 16.0. The summed E-state index contributed by atoms with van der Waals surface area (Å²) in [4.78, 5) is 12.6. The van der Waals surface area contributed by atoms with Gasteiger partial charge >= 0.3 is 0 Å². The van der Waals surface area contributed by atoms with Crippen LogP contribution in [0.5, 0.6) is 11.5 Å². The zero-order valence-electron chi connectivity index (χ0n) is 15.2. The number of hydrogen-bond acceptors (Lipinski definition) is 4. The van der Waals surface area contributed by atoms with E-state index in [2.05, 4.69) is 5.32 Å². The molecule has 0 saturated carbocycles. The highest BCUT2D eigenvalue weighted by atomic mass is 32.2. The lowest BCUT2D eigenvalue weighted by molar-refractivity contribution is -0.118. The summed E-state index contributed by atoms with van der Waals surface area (Å²) in [6, 6.07) is 7.46. The first-order chi connectivity index (χ1) is 13.0. The normalized spacial score (nSPS) is 15.2. The Balaban J connectivity index is 1.59. The largest absolute Gasteiger partial charge is 0.494 e. The summed E-state index contributed by atoms with van der Waals surface area (Å²) < 4.78 is 37.6. The maximum Gasteiger partial charge on any atom is 0.230 e. The fourth-order valence-electron chi connectivity index (χ4n) is 2.87. The van der Waals surface area contributed by atoms with Gasteiger partial charge in [-0.15, -0.1) is 11.8 Å². The first-order valence-corrected chi connectivity index (χ1v) is 9.74. The van der Waals surface area contributed by atoms with E-state index in [-0.39, 0.29) is 17.8 Å². The zero-order chi connectivity index (χ0) is 19.4. The third-order valence-corrected chi connectivity index (χ3v) is 5.11. The molecule has 1 amide bonds. The van der Waals surface area contributed by atoms with Gasteiger partial charge in [0, 0.05) is 29.0 Å². The average Bonchev–Trinajstić information content (AvgIpc) is 3.00. The van der Waals surface area contributed by atoms with Crippen LogP contribution < -0.4 is 14.8 Å². The van der Waals surface area contributed by atoms with Gasteiger partial charge in [0.25, 0.3) is 0 Å². The lowest BCUT2D eigenvalue weighted by Crippen LogP contribution is -2.25. The standard InChI is InChI=1S/C20H21F2NO3S/c1-3-25-18-7-13-6-12(2)26-19(13)8-14(18)10-23-20(24)11-27-15-4-5-16(21)17(22)9-15/h4-5,7-9,12H,3,6,10-11H2,1-2H3,(H,23,24). The van der Waals surface area contributed by atoms with Crippen LogP contribution in [0.3, 0.4) is 0 Å². The monoisotopic (exact) mass is 393 g/mol. The van der Waals surface area contributed by atoms with Gasteiger partial charge in [-0.05, 0) is 44.2 Å². The predicted octanol–water partition coefficient (Wildman–Crippen LogP) is 4.10. The van der Waals surface area contributed by atoms with Gasteiger partial charge in [0.15, 0.2) is 11.6 Å². The van der Waals surface area contributed by atoms with E-state index >= 15 is 0 Å². The number of amides is 1. The second kappa shape index (κ2) is 8.61. The highest BCUT2D eigenvalue weighted by Crippen LogP contribution is 2.35. The summed E-state index contributed by atoms with van der Waals surface area (Å²) in [5.74, 6) is -0.363. The van der Waals surface area contributed by atoms with Crippen LogP contribution in [0.2, 0.25) is 0 Å². The number of rotatable bonds is 7. The number of benzene rings is 2. The summed E-state index contributed by atoms with van der Waals surface area (Å²) in [5.41, 5.74) is 1.95. The predicted molar refractivity (Wildman–Crippen MR) is 100 cm³/mol. The molecular weight excluding hydrogens is 372 g/mol. The molecule has 0 spiro atoms. The lowest BCUT2D eigenvalue weighted by atomic mass is 10.1. The van der Waals surface area contributed by atoms with Crippen LogP contribution in [0, 0.1) is 11.6 Å². The molecule has 4 nitrogen and oxygen atoms in total. The molecule has 7 heteroatoms. The molecule has 144 valence electrons. The number of fused-ring (bicyclic) bond motifs is 1. The fraction of sp³-hybridized carbons (Fsp3) is 0.350. The van der Waals surface area contributed by atoms with Crippen LogP contribution in [0.15, 0.2) is 35.2 Å². The Labute approximate surface area is 161 Å². The van der Waals surface area contributed by atoms with Gasteiger partial charge in [-0.2, -0.15) is 0 Å². The van der Waals surface area contributed by atoms with Crippen LogP contribution in [0.25, 0.3) is 0 Å². The van der Waals surface area contributed by atoms with E-state index in [9.17, 15) is 13.6 Å². The smallest absolute Gasteiger partial charge is 0.230 e. The van der Waals surface area contributed by atoms with Crippen LogP contribution in [0.1, 0.15) is 25.0 Å². The third-order valence-electron chi connectivity index (χ3n) is 4.12. The molecule has 0 aliphatic carbocycles. The number of halogens is 2. The quantitative estimate of drug-likeness (QED) is 0.720. The summed E-state index contributed by atoms with van der Waals surface area (Å²) in [6.45, 7) is 4.75. The Morgan fingerprint density at radius 3 is 2.85 bits per heavy atom. The van der Waals surface area contributed by atoms with E-state index in [0.29, 0.717) is 18.0 Å². The third kappa shape index (κ3) is 4.91. The molecule has 1 aliphatic rings. The van der Waals surface area contributed by atoms with Crippen LogP contribution in [-0.4, -0.2) is 24.4 Å². The molecule has 0 saturated heterocycles. The first kappa shape index (κ1) is 19.5. The minimum absolute atomic E-state index is 0.105. The molecule has 1 N–H and O–H groups in total. The van der Waals surface area contributed by atoms with Crippen LogP contribution in [-0.2, 0) is 17.8 Å². The van der Waals surface area contributed by atoms with Gasteiger partial charge in [0.1, 0.15) is 17.6 Å². The van der Waals surface area contributed by atoms with Gasteiger partial charge in [-0.3, -0.25) is 4.79 Å². The Kier molecular flexibility index (Phi) is 6.21. The highest BCUT2D eigenvalue weighted by Gasteiger charge is 2.22. The van der Waals surface area contributed by atoms with Crippen molar-refractivity contribution >= 4 is 17.7 Å². The molecule has 0 bridgehead atoms. The minimum Gasteiger partial charge on any atom is -0.494 e. The Morgan fingerprint density at radius 1 is 1.30 bits per heavy atom. The molecule has 0 aromatic heterocycles. The summed E-state index contributed by atoms with van der Waals surface area (Å²) in [7, 11) is 0. The van der Waals surface area contributed by atoms with Crippen molar-refractivity contribution in [2.75, 3.05) is 12.4 Å². The molecule has 0 radical (unpaired) electrons. The average molecular weight is 393 g/mol.